The molecule has 0 atom stereocenters. The van der Waals surface area contributed by atoms with Crippen LogP contribution in [0.15, 0.2) is 108 Å². The van der Waals surface area contributed by atoms with Gasteiger partial charge in [0.15, 0.2) is 0 Å². The number of carbonyl (C=O) groups excluding carboxylic acids is 1. The fraction of sp³-hybridized carbons (Fsp3) is 0.107. The lowest BCUT2D eigenvalue weighted by molar-refractivity contribution is 0.0951. The van der Waals surface area contributed by atoms with E-state index in [1.165, 1.54) is 16.4 Å². The van der Waals surface area contributed by atoms with Gasteiger partial charge in [-0.2, -0.15) is 4.31 Å². The van der Waals surface area contributed by atoms with Crippen LogP contribution in [0.3, 0.4) is 0 Å². The highest BCUT2D eigenvalue weighted by molar-refractivity contribution is 7.89. The lowest BCUT2D eigenvalue weighted by atomic mass is 10.1. The van der Waals surface area contributed by atoms with Crippen LogP contribution in [0.4, 0.5) is 0 Å². The van der Waals surface area contributed by atoms with E-state index in [0.29, 0.717) is 22.2 Å². The molecule has 8 heteroatoms. The predicted molar refractivity (Wildman–Crippen MR) is 143 cm³/mol. The molecule has 0 saturated heterocycles. The Labute approximate surface area is 221 Å². The number of benzene rings is 4. The smallest absolute Gasteiger partial charge is 0.251 e. The highest BCUT2D eigenvalue weighted by Crippen LogP contribution is 2.23. The molecule has 0 aliphatic carbocycles. The summed E-state index contributed by atoms with van der Waals surface area (Å²) in [6.45, 7) is 0.705. The molecule has 36 heavy (non-hydrogen) atoms. The lowest BCUT2D eigenvalue weighted by Gasteiger charge is -2.23. The van der Waals surface area contributed by atoms with Gasteiger partial charge in [0.1, 0.15) is 0 Å². The lowest BCUT2D eigenvalue weighted by Crippen LogP contribution is -2.30. The maximum absolute atomic E-state index is 13.5. The number of nitrogens with zero attached hydrogens (tertiary/aromatic N) is 1. The Morgan fingerprint density at radius 2 is 1.17 bits per heavy atom. The monoisotopic (exact) mass is 538 g/mol. The predicted octanol–water partition coefficient (Wildman–Crippen LogP) is 6.31. The van der Waals surface area contributed by atoms with Crippen molar-refractivity contribution in [2.45, 2.75) is 24.5 Å². The third-order valence-corrected chi connectivity index (χ3v) is 7.90. The summed E-state index contributed by atoms with van der Waals surface area (Å²) >= 11 is 12.0. The number of halogens is 2. The number of sulfonamides is 1. The van der Waals surface area contributed by atoms with Crippen molar-refractivity contribution in [3.8, 4) is 0 Å². The van der Waals surface area contributed by atoms with Gasteiger partial charge in [-0.25, -0.2) is 8.42 Å². The van der Waals surface area contributed by atoms with E-state index in [1.54, 1.807) is 60.7 Å². The molecule has 0 unspecified atom stereocenters. The van der Waals surface area contributed by atoms with Crippen LogP contribution in [0.1, 0.15) is 27.0 Å². The SMILES string of the molecule is O=C(NCc1ccccc1)c1ccc(CN(Cc2ccc(Cl)cc2)S(=O)(=O)c2ccc(Cl)cc2)cc1. The molecular formula is C28H24Cl2N2O3S. The molecule has 1 N–H and O–H groups in total. The van der Waals surface area contributed by atoms with Gasteiger partial charge in [-0.1, -0.05) is 77.8 Å². The molecule has 184 valence electrons. The first-order valence-electron chi connectivity index (χ1n) is 11.2. The average molecular weight is 539 g/mol. The number of amides is 1. The molecule has 0 aliphatic rings. The standard InChI is InChI=1S/C28H24Cl2N2O3S/c29-25-12-8-23(9-13-25)20-32(36(34,35)27-16-14-26(30)15-17-27)19-22-6-10-24(11-7-22)28(33)31-18-21-4-2-1-3-5-21/h1-17H,18-20H2,(H,31,33). The quantitative estimate of drug-likeness (QED) is 0.271. The van der Waals surface area contributed by atoms with Gasteiger partial charge in [-0.05, 0) is 65.2 Å². The Kier molecular flexibility index (Phi) is 8.44. The third kappa shape index (κ3) is 6.74. The molecule has 4 aromatic rings. The van der Waals surface area contributed by atoms with Gasteiger partial charge in [-0.15, -0.1) is 0 Å². The minimum Gasteiger partial charge on any atom is -0.348 e. The molecule has 5 nitrogen and oxygen atoms in total. The normalized spacial score (nSPS) is 11.4. The minimum atomic E-state index is -3.83. The minimum absolute atomic E-state index is 0.125. The summed E-state index contributed by atoms with van der Waals surface area (Å²) in [6, 6.07) is 29.7. The summed E-state index contributed by atoms with van der Waals surface area (Å²) in [5.41, 5.74) is 3.06. The van der Waals surface area contributed by atoms with Crippen molar-refractivity contribution in [3.63, 3.8) is 0 Å². The summed E-state index contributed by atoms with van der Waals surface area (Å²) in [5, 5.41) is 3.93. The van der Waals surface area contributed by atoms with Crippen LogP contribution in [0.5, 0.6) is 0 Å². The van der Waals surface area contributed by atoms with Crippen molar-refractivity contribution in [3.05, 3.63) is 135 Å². The van der Waals surface area contributed by atoms with Crippen LogP contribution in [0.25, 0.3) is 0 Å². The van der Waals surface area contributed by atoms with E-state index in [1.807, 2.05) is 30.3 Å². The second kappa shape index (κ2) is 11.7. The second-order valence-corrected chi connectivity index (χ2v) is 11.0. The number of rotatable bonds is 9. The molecule has 0 aliphatic heterocycles. The van der Waals surface area contributed by atoms with Gasteiger partial charge < -0.3 is 5.32 Å². The van der Waals surface area contributed by atoms with Crippen LogP contribution in [0, 0.1) is 0 Å². The van der Waals surface area contributed by atoms with E-state index in [-0.39, 0.29) is 23.9 Å². The van der Waals surface area contributed by atoms with E-state index in [4.69, 9.17) is 23.2 Å². The fourth-order valence-electron chi connectivity index (χ4n) is 3.62. The summed E-state index contributed by atoms with van der Waals surface area (Å²) < 4.78 is 28.4. The van der Waals surface area contributed by atoms with E-state index in [9.17, 15) is 13.2 Å². The van der Waals surface area contributed by atoms with Crippen LogP contribution >= 0.6 is 23.2 Å². The van der Waals surface area contributed by atoms with Gasteiger partial charge in [0, 0.05) is 35.2 Å². The number of hydrogen-bond acceptors (Lipinski definition) is 3. The Bertz CT molecular complexity index is 1410. The Balaban J connectivity index is 1.52. The molecule has 1 amide bonds. The zero-order valence-electron chi connectivity index (χ0n) is 19.3. The van der Waals surface area contributed by atoms with Crippen LogP contribution < -0.4 is 5.32 Å². The third-order valence-electron chi connectivity index (χ3n) is 5.59. The molecule has 0 spiro atoms. The van der Waals surface area contributed by atoms with Gasteiger partial charge in [0.05, 0.1) is 4.90 Å². The highest BCUT2D eigenvalue weighted by atomic mass is 35.5. The van der Waals surface area contributed by atoms with Crippen molar-refractivity contribution in [1.29, 1.82) is 0 Å². The summed E-state index contributed by atoms with van der Waals surface area (Å²) in [4.78, 5) is 12.7. The number of hydrogen-bond donors (Lipinski definition) is 1. The average Bonchev–Trinajstić information content (AvgIpc) is 2.89. The second-order valence-electron chi connectivity index (χ2n) is 8.22. The molecule has 4 aromatic carbocycles. The maximum atomic E-state index is 13.5. The van der Waals surface area contributed by atoms with Crippen molar-refractivity contribution in [2.24, 2.45) is 0 Å². The van der Waals surface area contributed by atoms with Crippen LogP contribution in [-0.4, -0.2) is 18.6 Å². The van der Waals surface area contributed by atoms with Crippen molar-refractivity contribution in [2.75, 3.05) is 0 Å². The van der Waals surface area contributed by atoms with Gasteiger partial charge in [0.25, 0.3) is 5.91 Å². The zero-order valence-corrected chi connectivity index (χ0v) is 21.6. The van der Waals surface area contributed by atoms with Gasteiger partial charge >= 0.3 is 0 Å². The first-order valence-corrected chi connectivity index (χ1v) is 13.4. The highest BCUT2D eigenvalue weighted by Gasteiger charge is 2.25. The first-order chi connectivity index (χ1) is 17.3. The number of nitrogens with one attached hydrogen (secondary N) is 1. The summed E-state index contributed by atoms with van der Waals surface area (Å²) in [6.07, 6.45) is 0. The van der Waals surface area contributed by atoms with Crippen LogP contribution in [0.2, 0.25) is 10.0 Å². The molecule has 0 bridgehead atoms. The van der Waals surface area contributed by atoms with Gasteiger partial charge in [-0.3, -0.25) is 4.79 Å². The van der Waals surface area contributed by atoms with Crippen molar-refractivity contribution in [1.82, 2.24) is 9.62 Å². The Morgan fingerprint density at radius 1 is 0.667 bits per heavy atom. The zero-order chi connectivity index (χ0) is 25.5. The van der Waals surface area contributed by atoms with Gasteiger partial charge in [0.2, 0.25) is 10.0 Å². The van der Waals surface area contributed by atoms with Crippen LogP contribution in [-0.2, 0) is 29.7 Å². The summed E-state index contributed by atoms with van der Waals surface area (Å²) in [7, 11) is -3.83. The maximum Gasteiger partial charge on any atom is 0.251 e. The van der Waals surface area contributed by atoms with E-state index >= 15 is 0 Å². The number of carbonyl (C=O) groups is 1. The van der Waals surface area contributed by atoms with Crippen molar-refractivity contribution >= 4 is 39.1 Å². The van der Waals surface area contributed by atoms with Crippen molar-refractivity contribution < 1.29 is 13.2 Å². The topological polar surface area (TPSA) is 66.5 Å². The molecule has 0 saturated carbocycles. The van der Waals surface area contributed by atoms with E-state index in [2.05, 4.69) is 5.32 Å². The Morgan fingerprint density at radius 3 is 1.72 bits per heavy atom. The molecule has 0 aromatic heterocycles. The molecular weight excluding hydrogens is 515 g/mol. The van der Waals surface area contributed by atoms with E-state index < -0.39 is 10.0 Å². The molecule has 0 radical (unpaired) electrons. The van der Waals surface area contributed by atoms with E-state index in [0.717, 1.165) is 16.7 Å². The largest absolute Gasteiger partial charge is 0.348 e. The molecule has 4 rings (SSSR count). The first kappa shape index (κ1) is 25.9. The fourth-order valence-corrected chi connectivity index (χ4v) is 5.29. The Hall–Kier alpha value is -3.16. The molecule has 0 heterocycles. The molecule has 0 fully saturated rings. The summed E-state index contributed by atoms with van der Waals surface area (Å²) in [5.74, 6) is -0.197.